The van der Waals surface area contributed by atoms with Crippen molar-refractivity contribution >= 4 is 5.91 Å². The highest BCUT2D eigenvalue weighted by Gasteiger charge is 2.28. The second kappa shape index (κ2) is 5.64. The molecule has 3 rings (SSSR count). The average Bonchev–Trinajstić information content (AvgIpc) is 3.00. The van der Waals surface area contributed by atoms with Crippen molar-refractivity contribution in [2.45, 2.75) is 12.3 Å². The largest absolute Gasteiger partial charge is 0.338 e. The van der Waals surface area contributed by atoms with Gasteiger partial charge in [0.15, 0.2) is 11.6 Å². The number of benzene rings is 2. The molecule has 0 N–H and O–H groups in total. The van der Waals surface area contributed by atoms with Crippen LogP contribution in [0.1, 0.15) is 28.3 Å². The van der Waals surface area contributed by atoms with E-state index in [1.54, 1.807) is 4.90 Å². The van der Waals surface area contributed by atoms with E-state index in [-0.39, 0.29) is 11.5 Å². The zero-order valence-electron chi connectivity index (χ0n) is 11.4. The summed E-state index contributed by atoms with van der Waals surface area (Å²) < 4.78 is 26.1. The van der Waals surface area contributed by atoms with Crippen molar-refractivity contribution in [1.29, 1.82) is 0 Å². The first-order valence-electron chi connectivity index (χ1n) is 6.94. The van der Waals surface area contributed by atoms with Crippen molar-refractivity contribution in [2.24, 2.45) is 0 Å². The third-order valence-corrected chi connectivity index (χ3v) is 3.91. The summed E-state index contributed by atoms with van der Waals surface area (Å²) in [5.74, 6) is -1.86. The second-order valence-electron chi connectivity index (χ2n) is 5.28. The summed E-state index contributed by atoms with van der Waals surface area (Å²) in [6, 6.07) is 13.3. The Morgan fingerprint density at radius 1 is 1.05 bits per heavy atom. The molecule has 108 valence electrons. The summed E-state index contributed by atoms with van der Waals surface area (Å²) in [7, 11) is 0. The van der Waals surface area contributed by atoms with Crippen molar-refractivity contribution in [2.75, 3.05) is 13.1 Å². The highest BCUT2D eigenvalue weighted by atomic mass is 19.2. The minimum absolute atomic E-state index is 0.197. The van der Waals surface area contributed by atoms with Gasteiger partial charge in [0.25, 0.3) is 5.91 Å². The van der Waals surface area contributed by atoms with Gasteiger partial charge in [0.1, 0.15) is 0 Å². The summed E-state index contributed by atoms with van der Waals surface area (Å²) in [5.41, 5.74) is 1.40. The van der Waals surface area contributed by atoms with E-state index in [1.807, 2.05) is 18.2 Å². The number of hydrogen-bond acceptors (Lipinski definition) is 1. The Kier molecular flexibility index (Phi) is 3.69. The molecule has 0 bridgehead atoms. The number of likely N-dealkylation sites (tertiary alicyclic amines) is 1. The fourth-order valence-electron chi connectivity index (χ4n) is 2.75. The third-order valence-electron chi connectivity index (χ3n) is 3.91. The van der Waals surface area contributed by atoms with Gasteiger partial charge >= 0.3 is 0 Å². The van der Waals surface area contributed by atoms with Crippen molar-refractivity contribution in [1.82, 2.24) is 4.90 Å². The van der Waals surface area contributed by atoms with Crippen LogP contribution in [0.4, 0.5) is 8.78 Å². The van der Waals surface area contributed by atoms with Crippen LogP contribution in [0, 0.1) is 11.6 Å². The van der Waals surface area contributed by atoms with Crippen molar-refractivity contribution in [3.63, 3.8) is 0 Å². The first-order chi connectivity index (χ1) is 10.1. The standard InChI is InChI=1S/C17H15F2NO/c18-15-7-6-13(10-16(15)19)17(21)20-9-8-14(11-20)12-4-2-1-3-5-12/h1-7,10,14H,8-9,11H2. The van der Waals surface area contributed by atoms with E-state index in [0.29, 0.717) is 19.0 Å². The molecule has 2 nitrogen and oxygen atoms in total. The fraction of sp³-hybridized carbons (Fsp3) is 0.235. The molecule has 1 aliphatic rings. The molecule has 0 saturated carbocycles. The van der Waals surface area contributed by atoms with Crippen LogP contribution >= 0.6 is 0 Å². The Balaban J connectivity index is 1.74. The maximum Gasteiger partial charge on any atom is 0.253 e. The fourth-order valence-corrected chi connectivity index (χ4v) is 2.75. The predicted molar refractivity (Wildman–Crippen MR) is 76.1 cm³/mol. The molecule has 0 spiro atoms. The van der Waals surface area contributed by atoms with Crippen LogP contribution in [0.5, 0.6) is 0 Å². The molecule has 2 aromatic carbocycles. The van der Waals surface area contributed by atoms with E-state index in [4.69, 9.17) is 0 Å². The molecule has 0 radical (unpaired) electrons. The second-order valence-corrected chi connectivity index (χ2v) is 5.28. The molecule has 1 heterocycles. The average molecular weight is 287 g/mol. The molecule has 4 heteroatoms. The van der Waals surface area contributed by atoms with Gasteiger partial charge in [-0.2, -0.15) is 0 Å². The van der Waals surface area contributed by atoms with Gasteiger partial charge in [-0.15, -0.1) is 0 Å². The van der Waals surface area contributed by atoms with Crippen molar-refractivity contribution < 1.29 is 13.6 Å². The topological polar surface area (TPSA) is 20.3 Å². The van der Waals surface area contributed by atoms with Gasteiger partial charge in [0.05, 0.1) is 0 Å². The van der Waals surface area contributed by atoms with E-state index >= 15 is 0 Å². The minimum Gasteiger partial charge on any atom is -0.338 e. The molecule has 2 aromatic rings. The van der Waals surface area contributed by atoms with Crippen molar-refractivity contribution in [3.05, 3.63) is 71.3 Å². The van der Waals surface area contributed by atoms with Crippen LogP contribution in [0.25, 0.3) is 0 Å². The number of hydrogen-bond donors (Lipinski definition) is 0. The van der Waals surface area contributed by atoms with E-state index in [2.05, 4.69) is 12.1 Å². The Hall–Kier alpha value is -2.23. The molecular formula is C17H15F2NO. The van der Waals surface area contributed by atoms with Crippen LogP contribution in [-0.4, -0.2) is 23.9 Å². The molecule has 1 unspecified atom stereocenters. The van der Waals surface area contributed by atoms with Gasteiger partial charge in [-0.05, 0) is 30.2 Å². The van der Waals surface area contributed by atoms with Crippen LogP contribution in [-0.2, 0) is 0 Å². The van der Waals surface area contributed by atoms with Gasteiger partial charge in [-0.25, -0.2) is 8.78 Å². The molecule has 0 aliphatic carbocycles. The van der Waals surface area contributed by atoms with E-state index in [9.17, 15) is 13.6 Å². The number of carbonyl (C=O) groups excluding carboxylic acids is 1. The van der Waals surface area contributed by atoms with Crippen molar-refractivity contribution in [3.8, 4) is 0 Å². The lowest BCUT2D eigenvalue weighted by Gasteiger charge is -2.17. The summed E-state index contributed by atoms with van der Waals surface area (Å²) >= 11 is 0. The number of nitrogens with zero attached hydrogens (tertiary/aromatic N) is 1. The lowest BCUT2D eigenvalue weighted by molar-refractivity contribution is 0.0790. The Labute approximate surface area is 122 Å². The lowest BCUT2D eigenvalue weighted by atomic mass is 9.99. The molecule has 1 aliphatic heterocycles. The first kappa shape index (κ1) is 13.7. The molecule has 21 heavy (non-hydrogen) atoms. The monoisotopic (exact) mass is 287 g/mol. The molecule has 0 aromatic heterocycles. The lowest BCUT2D eigenvalue weighted by Crippen LogP contribution is -2.28. The number of carbonyl (C=O) groups is 1. The quantitative estimate of drug-likeness (QED) is 0.826. The van der Waals surface area contributed by atoms with E-state index in [1.165, 1.54) is 11.6 Å². The maximum atomic E-state index is 13.2. The van der Waals surface area contributed by atoms with Gasteiger partial charge in [-0.3, -0.25) is 4.79 Å². The Morgan fingerprint density at radius 3 is 2.52 bits per heavy atom. The van der Waals surface area contributed by atoms with Crippen LogP contribution in [0.3, 0.4) is 0 Å². The van der Waals surface area contributed by atoms with E-state index < -0.39 is 11.6 Å². The zero-order valence-corrected chi connectivity index (χ0v) is 11.4. The maximum absolute atomic E-state index is 13.2. The molecular weight excluding hydrogens is 272 g/mol. The van der Waals surface area contributed by atoms with Crippen LogP contribution < -0.4 is 0 Å². The number of rotatable bonds is 2. The van der Waals surface area contributed by atoms with Gasteiger partial charge in [0, 0.05) is 24.6 Å². The smallest absolute Gasteiger partial charge is 0.253 e. The summed E-state index contributed by atoms with van der Waals surface area (Å²) in [5, 5.41) is 0. The van der Waals surface area contributed by atoms with E-state index in [0.717, 1.165) is 18.6 Å². The summed E-state index contributed by atoms with van der Waals surface area (Å²) in [6.07, 6.45) is 0.888. The summed E-state index contributed by atoms with van der Waals surface area (Å²) in [6.45, 7) is 1.25. The molecule has 1 fully saturated rings. The molecule has 1 atom stereocenters. The minimum atomic E-state index is -0.986. The molecule has 1 saturated heterocycles. The predicted octanol–water partition coefficient (Wildman–Crippen LogP) is 3.59. The normalized spacial score (nSPS) is 18.0. The van der Waals surface area contributed by atoms with Crippen LogP contribution in [0.2, 0.25) is 0 Å². The number of amides is 1. The Bertz CT molecular complexity index is 657. The summed E-state index contributed by atoms with van der Waals surface area (Å²) in [4.78, 5) is 14.0. The van der Waals surface area contributed by atoms with Crippen LogP contribution in [0.15, 0.2) is 48.5 Å². The zero-order chi connectivity index (χ0) is 14.8. The highest BCUT2D eigenvalue weighted by molar-refractivity contribution is 5.94. The van der Waals surface area contributed by atoms with Gasteiger partial charge < -0.3 is 4.90 Å². The Morgan fingerprint density at radius 2 is 1.81 bits per heavy atom. The van der Waals surface area contributed by atoms with Gasteiger partial charge in [0.2, 0.25) is 0 Å². The van der Waals surface area contributed by atoms with Gasteiger partial charge in [-0.1, -0.05) is 30.3 Å². The molecule has 1 amide bonds. The number of halogens is 2. The highest BCUT2D eigenvalue weighted by Crippen LogP contribution is 2.28. The first-order valence-corrected chi connectivity index (χ1v) is 6.94. The SMILES string of the molecule is O=C(c1ccc(F)c(F)c1)N1CCC(c2ccccc2)C1. The third kappa shape index (κ3) is 2.79.